The summed E-state index contributed by atoms with van der Waals surface area (Å²) in [6.07, 6.45) is 1.53. The van der Waals surface area contributed by atoms with Gasteiger partial charge in [0.2, 0.25) is 11.8 Å². The van der Waals surface area contributed by atoms with Gasteiger partial charge in [0, 0.05) is 11.4 Å². The molecular weight excluding hydrogens is 349 g/mol. The van der Waals surface area contributed by atoms with Gasteiger partial charge in [0.15, 0.2) is 0 Å². The molecule has 1 heterocycles. The molecule has 0 aliphatic carbocycles. The third-order valence-electron chi connectivity index (χ3n) is 4.48. The molecule has 0 unspecified atom stereocenters. The van der Waals surface area contributed by atoms with E-state index in [1.807, 2.05) is 4.90 Å². The number of amides is 2. The number of likely N-dealkylation sites (tertiary alicyclic amines) is 1. The van der Waals surface area contributed by atoms with Crippen molar-refractivity contribution in [1.82, 2.24) is 4.90 Å². The number of halogens is 1. The Kier molecular flexibility index (Phi) is 6.03. The highest BCUT2D eigenvalue weighted by Crippen LogP contribution is 2.21. The van der Waals surface area contributed by atoms with E-state index in [0.29, 0.717) is 30.1 Å². The second-order valence-electron chi connectivity index (χ2n) is 6.40. The van der Waals surface area contributed by atoms with Crippen LogP contribution >= 0.6 is 0 Å². The lowest BCUT2D eigenvalue weighted by molar-refractivity contribution is -0.122. The molecule has 1 aliphatic rings. The zero-order chi connectivity index (χ0) is 19.2. The van der Waals surface area contributed by atoms with Crippen LogP contribution in [0.15, 0.2) is 48.5 Å². The van der Waals surface area contributed by atoms with Crippen LogP contribution in [-0.2, 0) is 9.59 Å². The Bertz CT molecular complexity index is 810. The Morgan fingerprint density at radius 2 is 1.93 bits per heavy atom. The molecule has 1 atom stereocenters. The molecule has 0 aromatic heterocycles. The van der Waals surface area contributed by atoms with Crippen LogP contribution in [0.25, 0.3) is 0 Å². The van der Waals surface area contributed by atoms with Crippen molar-refractivity contribution in [1.29, 1.82) is 0 Å². The van der Waals surface area contributed by atoms with E-state index in [2.05, 4.69) is 10.6 Å². The number of anilines is 2. The Labute approximate surface area is 157 Å². The normalized spacial score (nSPS) is 16.7. The van der Waals surface area contributed by atoms with Gasteiger partial charge in [0.1, 0.15) is 11.6 Å². The first kappa shape index (κ1) is 18.8. The van der Waals surface area contributed by atoms with Crippen molar-refractivity contribution in [3.8, 4) is 5.75 Å². The molecule has 3 rings (SSSR count). The monoisotopic (exact) mass is 371 g/mol. The maximum atomic E-state index is 13.2. The van der Waals surface area contributed by atoms with Crippen molar-refractivity contribution < 1.29 is 18.7 Å². The van der Waals surface area contributed by atoms with Gasteiger partial charge in [-0.2, -0.15) is 0 Å². The number of ether oxygens (including phenoxy) is 1. The first-order valence-electron chi connectivity index (χ1n) is 8.79. The zero-order valence-electron chi connectivity index (χ0n) is 15.1. The van der Waals surface area contributed by atoms with Gasteiger partial charge in [0.25, 0.3) is 0 Å². The zero-order valence-corrected chi connectivity index (χ0v) is 15.1. The van der Waals surface area contributed by atoms with Gasteiger partial charge >= 0.3 is 0 Å². The molecule has 2 N–H and O–H groups in total. The van der Waals surface area contributed by atoms with Crippen LogP contribution in [0.5, 0.6) is 5.75 Å². The van der Waals surface area contributed by atoms with Gasteiger partial charge in [-0.25, -0.2) is 4.39 Å². The molecule has 0 spiro atoms. The molecule has 7 heteroatoms. The van der Waals surface area contributed by atoms with E-state index < -0.39 is 5.82 Å². The fraction of sp³-hybridized carbons (Fsp3) is 0.300. The SMILES string of the molecule is COc1ccc(NC(=O)[C@@H]2CCCN2CC(=O)Nc2cccc(F)c2)cc1. The minimum atomic E-state index is -0.411. The number of nitrogens with zero attached hydrogens (tertiary/aromatic N) is 1. The van der Waals surface area contributed by atoms with Crippen LogP contribution < -0.4 is 15.4 Å². The molecule has 0 radical (unpaired) electrons. The molecule has 0 bridgehead atoms. The molecule has 2 aromatic carbocycles. The van der Waals surface area contributed by atoms with E-state index in [-0.39, 0.29) is 24.4 Å². The summed E-state index contributed by atoms with van der Waals surface area (Å²) in [5.41, 5.74) is 1.08. The predicted octanol–water partition coefficient (Wildman–Crippen LogP) is 2.88. The summed E-state index contributed by atoms with van der Waals surface area (Å²) in [6.45, 7) is 0.745. The van der Waals surface area contributed by atoms with Gasteiger partial charge in [0.05, 0.1) is 19.7 Å². The van der Waals surface area contributed by atoms with Gasteiger partial charge in [-0.15, -0.1) is 0 Å². The van der Waals surface area contributed by atoms with Crippen molar-refractivity contribution in [3.05, 3.63) is 54.3 Å². The lowest BCUT2D eigenvalue weighted by Crippen LogP contribution is -2.43. The lowest BCUT2D eigenvalue weighted by atomic mass is 10.2. The Balaban J connectivity index is 1.57. The maximum absolute atomic E-state index is 13.2. The highest BCUT2D eigenvalue weighted by Gasteiger charge is 2.31. The summed E-state index contributed by atoms with van der Waals surface area (Å²) in [6, 6.07) is 12.4. The number of carbonyl (C=O) groups is 2. The maximum Gasteiger partial charge on any atom is 0.241 e. The number of nitrogens with one attached hydrogen (secondary N) is 2. The van der Waals surface area contributed by atoms with Gasteiger partial charge in [-0.1, -0.05) is 6.07 Å². The highest BCUT2D eigenvalue weighted by molar-refractivity contribution is 5.96. The minimum Gasteiger partial charge on any atom is -0.497 e. The second kappa shape index (κ2) is 8.64. The predicted molar refractivity (Wildman–Crippen MR) is 101 cm³/mol. The number of carbonyl (C=O) groups excluding carboxylic acids is 2. The van der Waals surface area contributed by atoms with Gasteiger partial charge < -0.3 is 15.4 Å². The van der Waals surface area contributed by atoms with E-state index in [0.717, 1.165) is 6.42 Å². The Morgan fingerprint density at radius 3 is 2.63 bits per heavy atom. The third kappa shape index (κ3) is 5.04. The molecular formula is C20H22FN3O3. The summed E-state index contributed by atoms with van der Waals surface area (Å²) in [7, 11) is 1.58. The first-order valence-corrected chi connectivity index (χ1v) is 8.79. The standard InChI is InChI=1S/C20H22FN3O3/c1-27-17-9-7-15(8-10-17)23-20(26)18-6-3-11-24(18)13-19(25)22-16-5-2-4-14(21)12-16/h2,4-5,7-10,12,18H,3,6,11,13H2,1H3,(H,22,25)(H,23,26)/t18-/m0/s1. The van der Waals surface area contributed by atoms with Crippen molar-refractivity contribution in [2.45, 2.75) is 18.9 Å². The summed E-state index contributed by atoms with van der Waals surface area (Å²) in [4.78, 5) is 26.7. The number of hydrogen-bond donors (Lipinski definition) is 2. The quantitative estimate of drug-likeness (QED) is 0.819. The topological polar surface area (TPSA) is 70.7 Å². The largest absolute Gasteiger partial charge is 0.497 e. The molecule has 6 nitrogen and oxygen atoms in total. The van der Waals surface area contributed by atoms with E-state index in [9.17, 15) is 14.0 Å². The van der Waals surface area contributed by atoms with E-state index in [4.69, 9.17) is 4.74 Å². The average Bonchev–Trinajstić information content (AvgIpc) is 3.10. The Morgan fingerprint density at radius 1 is 1.15 bits per heavy atom. The van der Waals surface area contributed by atoms with Gasteiger partial charge in [-0.3, -0.25) is 14.5 Å². The summed E-state index contributed by atoms with van der Waals surface area (Å²) < 4.78 is 18.3. The molecule has 2 amide bonds. The molecule has 0 saturated carbocycles. The molecule has 142 valence electrons. The molecule has 2 aromatic rings. The minimum absolute atomic E-state index is 0.0806. The average molecular weight is 371 g/mol. The fourth-order valence-electron chi connectivity index (χ4n) is 3.16. The van der Waals surface area contributed by atoms with Crippen LogP contribution in [0.3, 0.4) is 0 Å². The Hall–Kier alpha value is -2.93. The second-order valence-corrected chi connectivity index (χ2v) is 6.40. The number of benzene rings is 2. The van der Waals surface area contributed by atoms with Crippen molar-refractivity contribution in [3.63, 3.8) is 0 Å². The fourth-order valence-corrected chi connectivity index (χ4v) is 3.16. The van der Waals surface area contributed by atoms with E-state index >= 15 is 0 Å². The van der Waals surface area contributed by atoms with Crippen LogP contribution in [0, 0.1) is 5.82 Å². The number of rotatable bonds is 6. The van der Waals surface area contributed by atoms with Crippen molar-refractivity contribution in [2.75, 3.05) is 30.8 Å². The summed E-state index contributed by atoms with van der Waals surface area (Å²) >= 11 is 0. The van der Waals surface area contributed by atoms with Gasteiger partial charge in [-0.05, 0) is 61.9 Å². The summed E-state index contributed by atoms with van der Waals surface area (Å²) in [5, 5.41) is 5.54. The first-order chi connectivity index (χ1) is 13.0. The molecule has 1 fully saturated rings. The molecule has 27 heavy (non-hydrogen) atoms. The van der Waals surface area contributed by atoms with E-state index in [1.54, 1.807) is 37.4 Å². The highest BCUT2D eigenvalue weighted by atomic mass is 19.1. The van der Waals surface area contributed by atoms with Crippen LogP contribution in [0.4, 0.5) is 15.8 Å². The summed E-state index contributed by atoms with van der Waals surface area (Å²) in [5.74, 6) is -0.115. The molecule has 1 saturated heterocycles. The smallest absolute Gasteiger partial charge is 0.241 e. The lowest BCUT2D eigenvalue weighted by Gasteiger charge is -2.23. The van der Waals surface area contributed by atoms with Crippen molar-refractivity contribution >= 4 is 23.2 Å². The van der Waals surface area contributed by atoms with Crippen molar-refractivity contribution in [2.24, 2.45) is 0 Å². The van der Waals surface area contributed by atoms with Crippen LogP contribution in [0.1, 0.15) is 12.8 Å². The third-order valence-corrected chi connectivity index (χ3v) is 4.48. The number of methoxy groups -OCH3 is 1. The number of hydrogen-bond acceptors (Lipinski definition) is 4. The molecule has 1 aliphatic heterocycles. The van der Waals surface area contributed by atoms with Crippen LogP contribution in [-0.4, -0.2) is 43.0 Å². The van der Waals surface area contributed by atoms with Crippen LogP contribution in [0.2, 0.25) is 0 Å². The van der Waals surface area contributed by atoms with E-state index in [1.165, 1.54) is 18.2 Å².